The van der Waals surface area contributed by atoms with Crippen LogP contribution in [0.3, 0.4) is 0 Å². The summed E-state index contributed by atoms with van der Waals surface area (Å²) in [7, 11) is 1.71. The van der Waals surface area contributed by atoms with E-state index in [1.807, 2.05) is 13.8 Å². The van der Waals surface area contributed by atoms with E-state index in [4.69, 9.17) is 10.8 Å². The smallest absolute Gasteiger partial charge is 0.0872 e. The first-order valence-electron chi connectivity index (χ1n) is 3.63. The zero-order valence-electron chi connectivity index (χ0n) is 7.60. The van der Waals surface area contributed by atoms with Crippen LogP contribution >= 0.6 is 0 Å². The van der Waals surface area contributed by atoms with Crippen molar-refractivity contribution in [3.8, 4) is 0 Å². The molecule has 3 nitrogen and oxygen atoms in total. The second kappa shape index (κ2) is 5.65. The largest absolute Gasteiger partial charge is 0.387 e. The highest BCUT2D eigenvalue weighted by atomic mass is 16.3. The van der Waals surface area contributed by atoms with Crippen molar-refractivity contribution in [1.82, 2.24) is 5.32 Å². The lowest BCUT2D eigenvalue weighted by atomic mass is 10.1. The zero-order valence-corrected chi connectivity index (χ0v) is 7.60. The first kappa shape index (κ1) is 12.5. The summed E-state index contributed by atoms with van der Waals surface area (Å²) in [4.78, 5) is 0. The molecule has 0 aliphatic heterocycles. The Morgan fingerprint density at radius 2 is 1.70 bits per heavy atom. The fraction of sp³-hybridized carbons (Fsp3) is 1.00. The molecule has 1 unspecified atom stereocenters. The molecule has 64 valence electrons. The van der Waals surface area contributed by atoms with Crippen LogP contribution < -0.4 is 11.1 Å². The molecule has 0 spiro atoms. The van der Waals surface area contributed by atoms with Gasteiger partial charge in [0.05, 0.1) is 11.8 Å². The van der Waals surface area contributed by atoms with Crippen molar-refractivity contribution in [2.45, 2.75) is 39.5 Å². The predicted octanol–water partition coefficient (Wildman–Crippen LogP) is 0.288. The van der Waals surface area contributed by atoms with Crippen LogP contribution in [0.1, 0.15) is 27.7 Å². The fourth-order valence-corrected chi connectivity index (χ4v) is 0.353. The third-order valence-corrected chi connectivity index (χ3v) is 1.07. The third kappa shape index (κ3) is 6.01. The van der Waals surface area contributed by atoms with Gasteiger partial charge in [-0.25, -0.2) is 0 Å². The topological polar surface area (TPSA) is 58.3 Å². The van der Waals surface area contributed by atoms with Crippen LogP contribution in [-0.2, 0) is 0 Å². The Morgan fingerprint density at radius 3 is 1.70 bits per heavy atom. The normalized spacial score (nSPS) is 13.5. The Balaban J connectivity index is 0. The molecule has 0 rings (SSSR count). The zero-order chi connectivity index (χ0) is 8.78. The molecule has 0 saturated carbocycles. The van der Waals surface area contributed by atoms with Gasteiger partial charge in [0.15, 0.2) is 0 Å². The van der Waals surface area contributed by atoms with E-state index in [0.29, 0.717) is 0 Å². The molecule has 0 saturated heterocycles. The van der Waals surface area contributed by atoms with Crippen LogP contribution in [0.4, 0.5) is 0 Å². The van der Waals surface area contributed by atoms with Crippen molar-refractivity contribution in [2.75, 3.05) is 7.05 Å². The van der Waals surface area contributed by atoms with Gasteiger partial charge in [0, 0.05) is 0 Å². The summed E-state index contributed by atoms with van der Waals surface area (Å²) in [6.07, 6.45) is -0.345. The van der Waals surface area contributed by atoms with Crippen LogP contribution in [0.25, 0.3) is 0 Å². The van der Waals surface area contributed by atoms with E-state index < -0.39 is 5.60 Å². The van der Waals surface area contributed by atoms with Crippen LogP contribution in [0.2, 0.25) is 0 Å². The minimum absolute atomic E-state index is 0.345. The average molecular weight is 148 g/mol. The van der Waals surface area contributed by atoms with E-state index in [1.165, 1.54) is 0 Å². The molecule has 0 radical (unpaired) electrons. The van der Waals surface area contributed by atoms with Gasteiger partial charge in [0.1, 0.15) is 0 Å². The van der Waals surface area contributed by atoms with Crippen molar-refractivity contribution in [3.05, 3.63) is 0 Å². The first-order chi connectivity index (χ1) is 4.48. The molecular formula is C7H20N2O. The molecule has 3 heteroatoms. The molecular weight excluding hydrogens is 128 g/mol. The molecule has 0 aromatic carbocycles. The lowest BCUT2D eigenvalue weighted by Crippen LogP contribution is -2.51. The van der Waals surface area contributed by atoms with E-state index in [1.54, 1.807) is 20.9 Å². The molecule has 0 aromatic heterocycles. The number of nitrogens with two attached hydrogens (primary N) is 1. The van der Waals surface area contributed by atoms with Crippen molar-refractivity contribution in [2.24, 2.45) is 5.73 Å². The van der Waals surface area contributed by atoms with Crippen LogP contribution in [0.5, 0.6) is 0 Å². The second-order valence-corrected chi connectivity index (χ2v) is 2.42. The number of likely N-dealkylation sites (N-methyl/N-ethyl adjacent to an activating group) is 1. The summed E-state index contributed by atoms with van der Waals surface area (Å²) in [6, 6.07) is 0. The highest BCUT2D eigenvalue weighted by Crippen LogP contribution is 2.01. The van der Waals surface area contributed by atoms with Gasteiger partial charge in [-0.1, -0.05) is 13.8 Å². The van der Waals surface area contributed by atoms with Crippen LogP contribution in [0, 0.1) is 0 Å². The van der Waals surface area contributed by atoms with Crippen molar-refractivity contribution >= 4 is 0 Å². The van der Waals surface area contributed by atoms with Crippen molar-refractivity contribution in [1.29, 1.82) is 0 Å². The Kier molecular flexibility index (Phi) is 7.09. The summed E-state index contributed by atoms with van der Waals surface area (Å²) in [5.74, 6) is 0. The summed E-state index contributed by atoms with van der Waals surface area (Å²) in [5.41, 5.74) is 4.56. The van der Waals surface area contributed by atoms with Crippen LogP contribution in [-0.4, -0.2) is 23.9 Å². The van der Waals surface area contributed by atoms with Gasteiger partial charge in [-0.15, -0.1) is 0 Å². The second-order valence-electron chi connectivity index (χ2n) is 2.42. The van der Waals surface area contributed by atoms with Gasteiger partial charge < -0.3 is 16.2 Å². The molecule has 4 N–H and O–H groups in total. The summed E-state index contributed by atoms with van der Waals surface area (Å²) in [6.45, 7) is 7.32. The Hall–Kier alpha value is -0.120. The number of nitrogens with one attached hydrogen (secondary N) is 1. The maximum absolute atomic E-state index is 9.10. The number of aliphatic hydroxyl groups is 1. The summed E-state index contributed by atoms with van der Waals surface area (Å²) < 4.78 is 0. The minimum Gasteiger partial charge on any atom is -0.387 e. The maximum Gasteiger partial charge on any atom is 0.0872 e. The highest BCUT2D eigenvalue weighted by molar-refractivity contribution is 4.76. The van der Waals surface area contributed by atoms with E-state index in [2.05, 4.69) is 5.32 Å². The fourth-order valence-electron chi connectivity index (χ4n) is 0.353. The molecule has 0 aromatic rings. The van der Waals surface area contributed by atoms with Gasteiger partial charge >= 0.3 is 0 Å². The first-order valence-corrected chi connectivity index (χ1v) is 3.63. The van der Waals surface area contributed by atoms with Gasteiger partial charge in [-0.2, -0.15) is 0 Å². The SMILES string of the molecule is CC.CNC(N)C(C)(C)O. The van der Waals surface area contributed by atoms with Gasteiger partial charge in [0.25, 0.3) is 0 Å². The van der Waals surface area contributed by atoms with Crippen molar-refractivity contribution in [3.63, 3.8) is 0 Å². The Morgan fingerprint density at radius 1 is 1.40 bits per heavy atom. The van der Waals surface area contributed by atoms with E-state index in [-0.39, 0.29) is 6.17 Å². The van der Waals surface area contributed by atoms with Crippen LogP contribution in [0.15, 0.2) is 0 Å². The van der Waals surface area contributed by atoms with E-state index in [0.717, 1.165) is 0 Å². The van der Waals surface area contributed by atoms with Crippen molar-refractivity contribution < 1.29 is 5.11 Å². The Bertz CT molecular complexity index is 68.5. The maximum atomic E-state index is 9.10. The van der Waals surface area contributed by atoms with E-state index >= 15 is 0 Å². The molecule has 0 bridgehead atoms. The molecule has 10 heavy (non-hydrogen) atoms. The number of rotatable bonds is 2. The van der Waals surface area contributed by atoms with Gasteiger partial charge in [0.2, 0.25) is 0 Å². The highest BCUT2D eigenvalue weighted by Gasteiger charge is 2.20. The number of hydrogen-bond donors (Lipinski definition) is 3. The molecule has 1 atom stereocenters. The predicted molar refractivity (Wildman–Crippen MR) is 44.7 cm³/mol. The molecule has 0 fully saturated rings. The summed E-state index contributed by atoms with van der Waals surface area (Å²) in [5, 5.41) is 11.8. The van der Waals surface area contributed by atoms with Gasteiger partial charge in [-0.05, 0) is 20.9 Å². The summed E-state index contributed by atoms with van der Waals surface area (Å²) >= 11 is 0. The monoisotopic (exact) mass is 148 g/mol. The van der Waals surface area contributed by atoms with Gasteiger partial charge in [-0.3, -0.25) is 0 Å². The molecule has 0 aliphatic carbocycles. The minimum atomic E-state index is -0.825. The standard InChI is InChI=1S/C5H14N2O.C2H6/c1-5(2,8)4(6)7-3;1-2/h4,7-8H,6H2,1-3H3;1-2H3. The lowest BCUT2D eigenvalue weighted by molar-refractivity contribution is 0.0428. The molecule has 0 amide bonds. The third-order valence-electron chi connectivity index (χ3n) is 1.07. The number of hydrogen-bond acceptors (Lipinski definition) is 3. The van der Waals surface area contributed by atoms with E-state index in [9.17, 15) is 0 Å². The molecule has 0 heterocycles. The lowest BCUT2D eigenvalue weighted by Gasteiger charge is -2.24. The quantitative estimate of drug-likeness (QED) is 0.493. The average Bonchev–Trinajstić information content (AvgIpc) is 1.89. The Labute approximate surface area is 63.6 Å². The molecule has 0 aliphatic rings.